The minimum absolute atomic E-state index is 0.0926. The van der Waals surface area contributed by atoms with Crippen LogP contribution in [-0.4, -0.2) is 0 Å². The molecule has 0 aromatic carbocycles. The molecule has 0 aromatic rings. The van der Waals surface area contributed by atoms with E-state index >= 15 is 0 Å². The monoisotopic (exact) mass is 101 g/mol. The van der Waals surface area contributed by atoms with E-state index in [1.54, 1.807) is 0 Å². The summed E-state index contributed by atoms with van der Waals surface area (Å²) in [5.74, 6) is 0. The molecule has 0 aliphatic heterocycles. The van der Waals surface area contributed by atoms with Crippen molar-refractivity contribution < 1.29 is 1.37 Å². The zero-order valence-corrected chi connectivity index (χ0v) is 5.78. The molecule has 0 spiro atoms. The molecule has 1 unspecified atom stereocenters. The number of hydrogen-bond donors (Lipinski definition) is 0. The molecule has 0 radical (unpaired) electrons. The predicted molar refractivity (Wildman–Crippen MR) is 34.4 cm³/mol. The van der Waals surface area contributed by atoms with Gasteiger partial charge in [0.1, 0.15) is 0 Å². The number of hydrogen-bond acceptors (Lipinski definition) is 0. The summed E-state index contributed by atoms with van der Waals surface area (Å²) in [5.41, 5.74) is 0.334. The molecule has 0 N–H and O–H groups in total. The topological polar surface area (TPSA) is 0 Å². The van der Waals surface area contributed by atoms with Gasteiger partial charge in [-0.05, 0) is 11.8 Å². The first-order valence-electron chi connectivity index (χ1n) is 3.42. The molecule has 0 heterocycles. The Morgan fingerprint density at radius 2 is 1.86 bits per heavy atom. The summed E-state index contributed by atoms with van der Waals surface area (Å²) >= 11 is 0. The third kappa shape index (κ3) is 6.00. The Kier molecular flexibility index (Phi) is 1.72. The summed E-state index contributed by atoms with van der Waals surface area (Å²) in [6.07, 6.45) is 1.09. The fourth-order valence-electron chi connectivity index (χ4n) is 0.612. The van der Waals surface area contributed by atoms with Gasteiger partial charge in [-0.1, -0.05) is 34.1 Å². The van der Waals surface area contributed by atoms with Crippen molar-refractivity contribution in [3.05, 3.63) is 0 Å². The minimum atomic E-state index is 0.0926. The highest BCUT2D eigenvalue weighted by Crippen LogP contribution is 2.19. The molecular weight excluding hydrogens is 84.1 g/mol. The molecule has 44 valence electrons. The summed E-state index contributed by atoms with van der Waals surface area (Å²) < 4.78 is 7.23. The standard InChI is InChI=1S/C7H16/c1-5-6-7(2,3)4/h5-6H2,1-4H3/i5D. The van der Waals surface area contributed by atoms with E-state index in [1.807, 2.05) is 6.92 Å². The fraction of sp³-hybridized carbons (Fsp3) is 1.00. The molecule has 0 rings (SSSR count). The average molecular weight is 101 g/mol. The van der Waals surface area contributed by atoms with E-state index in [9.17, 15) is 0 Å². The first kappa shape index (κ1) is 5.14. The highest BCUT2D eigenvalue weighted by atomic mass is 14.1. The average Bonchev–Trinajstić information content (AvgIpc) is 1.21. The van der Waals surface area contributed by atoms with Crippen LogP contribution in [0.2, 0.25) is 0 Å². The third-order valence-electron chi connectivity index (χ3n) is 0.816. The van der Waals surface area contributed by atoms with Gasteiger partial charge in [-0.25, -0.2) is 0 Å². The van der Waals surface area contributed by atoms with Crippen molar-refractivity contribution in [2.75, 3.05) is 0 Å². The Hall–Kier alpha value is 0. The van der Waals surface area contributed by atoms with Crippen LogP contribution in [0.3, 0.4) is 0 Å². The van der Waals surface area contributed by atoms with Crippen LogP contribution in [0.15, 0.2) is 0 Å². The quantitative estimate of drug-likeness (QED) is 0.476. The molecule has 0 aromatic heterocycles. The molecule has 0 aliphatic carbocycles. The second-order valence-electron chi connectivity index (χ2n) is 3.17. The molecule has 0 fully saturated rings. The van der Waals surface area contributed by atoms with Crippen LogP contribution in [0.25, 0.3) is 0 Å². The van der Waals surface area contributed by atoms with E-state index in [0.717, 1.165) is 6.42 Å². The second-order valence-corrected chi connectivity index (χ2v) is 3.17. The number of rotatable bonds is 1. The smallest absolute Gasteiger partial charge is 0.0264 e. The summed E-state index contributed by atoms with van der Waals surface area (Å²) in [7, 11) is 0. The third-order valence-corrected chi connectivity index (χ3v) is 0.816. The van der Waals surface area contributed by atoms with E-state index in [2.05, 4.69) is 20.8 Å². The van der Waals surface area contributed by atoms with Crippen LogP contribution in [0, 0.1) is 5.41 Å². The van der Waals surface area contributed by atoms with Crippen molar-refractivity contribution in [1.82, 2.24) is 0 Å². The van der Waals surface area contributed by atoms with Crippen LogP contribution in [-0.2, 0) is 0 Å². The maximum atomic E-state index is 7.23. The van der Waals surface area contributed by atoms with Gasteiger partial charge in [-0.3, -0.25) is 0 Å². The van der Waals surface area contributed by atoms with Gasteiger partial charge in [0.05, 0.1) is 0 Å². The molecule has 0 nitrogen and oxygen atoms in total. The lowest BCUT2D eigenvalue weighted by atomic mass is 9.91. The van der Waals surface area contributed by atoms with Gasteiger partial charge in [-0.2, -0.15) is 0 Å². The molecule has 0 saturated heterocycles. The summed E-state index contributed by atoms with van der Waals surface area (Å²) in [5, 5.41) is 0. The van der Waals surface area contributed by atoms with Crippen molar-refractivity contribution in [2.45, 2.75) is 40.5 Å². The molecule has 0 amide bonds. The van der Waals surface area contributed by atoms with Gasteiger partial charge in [0.15, 0.2) is 0 Å². The van der Waals surface area contributed by atoms with Crippen LogP contribution in [0.1, 0.15) is 41.9 Å². The van der Waals surface area contributed by atoms with Crippen LogP contribution < -0.4 is 0 Å². The van der Waals surface area contributed by atoms with Gasteiger partial charge >= 0.3 is 0 Å². The molecule has 0 saturated carbocycles. The molecule has 0 bridgehead atoms. The molecule has 1 atom stereocenters. The van der Waals surface area contributed by atoms with Gasteiger partial charge in [0.2, 0.25) is 0 Å². The van der Waals surface area contributed by atoms with Crippen molar-refractivity contribution in [1.29, 1.82) is 0 Å². The lowest BCUT2D eigenvalue weighted by Gasteiger charge is -2.15. The summed E-state index contributed by atoms with van der Waals surface area (Å²) in [6, 6.07) is 0. The van der Waals surface area contributed by atoms with Crippen molar-refractivity contribution in [3.8, 4) is 0 Å². The Morgan fingerprint density at radius 3 is 1.86 bits per heavy atom. The van der Waals surface area contributed by atoms with E-state index in [-0.39, 0.29) is 6.40 Å². The van der Waals surface area contributed by atoms with Crippen molar-refractivity contribution >= 4 is 0 Å². The SMILES string of the molecule is [2H]C(C)CC(C)(C)C. The zero-order valence-electron chi connectivity index (χ0n) is 6.78. The van der Waals surface area contributed by atoms with E-state index in [4.69, 9.17) is 1.37 Å². The summed E-state index contributed by atoms with van der Waals surface area (Å²) in [4.78, 5) is 0. The highest BCUT2D eigenvalue weighted by Gasteiger charge is 2.06. The van der Waals surface area contributed by atoms with Crippen LogP contribution >= 0.6 is 0 Å². The van der Waals surface area contributed by atoms with E-state index < -0.39 is 0 Å². The Labute approximate surface area is 48.3 Å². The van der Waals surface area contributed by atoms with Crippen molar-refractivity contribution in [2.24, 2.45) is 5.41 Å². The fourth-order valence-corrected chi connectivity index (χ4v) is 0.612. The Bertz CT molecular complexity index is 59.3. The highest BCUT2D eigenvalue weighted by molar-refractivity contribution is 4.58. The second kappa shape index (κ2) is 2.34. The molecule has 0 aliphatic rings. The maximum Gasteiger partial charge on any atom is 0.0264 e. The largest absolute Gasteiger partial charge is 0.0654 e. The summed E-state index contributed by atoms with van der Waals surface area (Å²) in [6.45, 7) is 8.43. The van der Waals surface area contributed by atoms with Crippen LogP contribution in [0.5, 0.6) is 0 Å². The lowest BCUT2D eigenvalue weighted by molar-refractivity contribution is 0.373. The predicted octanol–water partition coefficient (Wildman–Crippen LogP) is 2.83. The maximum absolute atomic E-state index is 7.23. The van der Waals surface area contributed by atoms with Crippen LogP contribution in [0.4, 0.5) is 0 Å². The van der Waals surface area contributed by atoms with Gasteiger partial charge in [-0.15, -0.1) is 0 Å². The minimum Gasteiger partial charge on any atom is -0.0654 e. The van der Waals surface area contributed by atoms with Gasteiger partial charge in [0.25, 0.3) is 0 Å². The zero-order chi connectivity index (χ0) is 6.78. The van der Waals surface area contributed by atoms with Gasteiger partial charge < -0.3 is 0 Å². The normalized spacial score (nSPS) is 18.6. The van der Waals surface area contributed by atoms with E-state index in [0.29, 0.717) is 5.41 Å². The first-order chi connectivity index (χ1) is 3.42. The van der Waals surface area contributed by atoms with Gasteiger partial charge in [0, 0.05) is 1.37 Å². The molecule has 0 heteroatoms. The van der Waals surface area contributed by atoms with E-state index in [1.165, 1.54) is 0 Å². The van der Waals surface area contributed by atoms with Crippen molar-refractivity contribution in [3.63, 3.8) is 0 Å². The molecular formula is C7H16. The molecule has 7 heavy (non-hydrogen) atoms. The first-order valence-corrected chi connectivity index (χ1v) is 2.84. The lowest BCUT2D eigenvalue weighted by Crippen LogP contribution is -2.02. The Morgan fingerprint density at radius 1 is 1.43 bits per heavy atom. The Balaban J connectivity index is 3.39.